The predicted molar refractivity (Wildman–Crippen MR) is 75.2 cm³/mol. The first-order chi connectivity index (χ1) is 8.01. The molecule has 0 bridgehead atoms. The lowest BCUT2D eigenvalue weighted by Gasteiger charge is -2.30. The van der Waals surface area contributed by atoms with Gasteiger partial charge in [-0.05, 0) is 39.2 Å². The standard InChI is InChI=1S/C14H32N2O/c1-6-16(14(4)11-17-5)10-12(2)8-7-9-13(3)15/h12-14H,6-11,15H2,1-5H3. The number of methoxy groups -OCH3 is 1. The topological polar surface area (TPSA) is 38.5 Å². The zero-order chi connectivity index (χ0) is 13.3. The van der Waals surface area contributed by atoms with Crippen molar-refractivity contribution in [2.75, 3.05) is 26.8 Å². The summed E-state index contributed by atoms with van der Waals surface area (Å²) < 4.78 is 5.22. The van der Waals surface area contributed by atoms with Crippen LogP contribution in [0.15, 0.2) is 0 Å². The number of nitrogens with two attached hydrogens (primary N) is 1. The van der Waals surface area contributed by atoms with E-state index in [1.165, 1.54) is 19.4 Å². The molecular formula is C14H32N2O. The summed E-state index contributed by atoms with van der Waals surface area (Å²) in [5.74, 6) is 0.744. The first-order valence-corrected chi connectivity index (χ1v) is 6.99. The van der Waals surface area contributed by atoms with Gasteiger partial charge in [0.15, 0.2) is 0 Å². The van der Waals surface area contributed by atoms with Crippen LogP contribution < -0.4 is 5.73 Å². The summed E-state index contributed by atoms with van der Waals surface area (Å²) in [4.78, 5) is 2.50. The number of nitrogens with zero attached hydrogens (tertiary/aromatic N) is 1. The van der Waals surface area contributed by atoms with Crippen LogP contribution in [0.4, 0.5) is 0 Å². The minimum atomic E-state index is 0.344. The Labute approximate surface area is 108 Å². The molecule has 3 nitrogen and oxygen atoms in total. The molecule has 0 amide bonds. The smallest absolute Gasteiger partial charge is 0.0615 e. The maximum Gasteiger partial charge on any atom is 0.0615 e. The van der Waals surface area contributed by atoms with Gasteiger partial charge >= 0.3 is 0 Å². The van der Waals surface area contributed by atoms with E-state index in [2.05, 4.69) is 32.6 Å². The van der Waals surface area contributed by atoms with Crippen molar-refractivity contribution in [3.05, 3.63) is 0 Å². The molecule has 104 valence electrons. The van der Waals surface area contributed by atoms with E-state index in [4.69, 9.17) is 10.5 Å². The number of likely N-dealkylation sites (N-methyl/N-ethyl adjacent to an activating group) is 1. The molecule has 0 heterocycles. The summed E-state index contributed by atoms with van der Waals surface area (Å²) >= 11 is 0. The van der Waals surface area contributed by atoms with Crippen molar-refractivity contribution in [2.45, 2.75) is 59.0 Å². The van der Waals surface area contributed by atoms with Gasteiger partial charge in [-0.1, -0.05) is 20.3 Å². The van der Waals surface area contributed by atoms with E-state index in [9.17, 15) is 0 Å². The molecule has 0 rings (SSSR count). The Bertz CT molecular complexity index is 174. The lowest BCUT2D eigenvalue weighted by atomic mass is 10.0. The molecule has 0 aromatic heterocycles. The van der Waals surface area contributed by atoms with Crippen molar-refractivity contribution in [1.82, 2.24) is 4.90 Å². The highest BCUT2D eigenvalue weighted by Gasteiger charge is 2.14. The van der Waals surface area contributed by atoms with Crippen LogP contribution in [0.2, 0.25) is 0 Å². The molecule has 0 radical (unpaired) electrons. The van der Waals surface area contributed by atoms with Gasteiger partial charge in [-0.25, -0.2) is 0 Å². The Morgan fingerprint density at radius 2 is 1.82 bits per heavy atom. The lowest BCUT2D eigenvalue weighted by molar-refractivity contribution is 0.0920. The summed E-state index contributed by atoms with van der Waals surface area (Å²) in [5.41, 5.74) is 5.77. The minimum absolute atomic E-state index is 0.344. The third kappa shape index (κ3) is 8.58. The average molecular weight is 244 g/mol. The zero-order valence-corrected chi connectivity index (χ0v) is 12.4. The Morgan fingerprint density at radius 3 is 2.29 bits per heavy atom. The minimum Gasteiger partial charge on any atom is -0.383 e. The molecule has 0 fully saturated rings. The molecule has 2 N–H and O–H groups in total. The molecule has 0 aliphatic carbocycles. The number of ether oxygens (including phenoxy) is 1. The summed E-state index contributed by atoms with van der Waals surface area (Å²) in [5, 5.41) is 0. The Morgan fingerprint density at radius 1 is 1.18 bits per heavy atom. The summed E-state index contributed by atoms with van der Waals surface area (Å²) in [6.45, 7) is 12.0. The molecule has 3 atom stereocenters. The first-order valence-electron chi connectivity index (χ1n) is 6.99. The van der Waals surface area contributed by atoms with E-state index in [-0.39, 0.29) is 0 Å². The number of hydrogen-bond donors (Lipinski definition) is 1. The van der Waals surface area contributed by atoms with Crippen molar-refractivity contribution in [1.29, 1.82) is 0 Å². The average Bonchev–Trinajstić information content (AvgIpc) is 2.25. The van der Waals surface area contributed by atoms with E-state index in [0.29, 0.717) is 12.1 Å². The van der Waals surface area contributed by atoms with Crippen molar-refractivity contribution in [3.63, 3.8) is 0 Å². The monoisotopic (exact) mass is 244 g/mol. The van der Waals surface area contributed by atoms with Crippen LogP contribution in [0, 0.1) is 5.92 Å². The second-order valence-corrected chi connectivity index (χ2v) is 5.41. The summed E-state index contributed by atoms with van der Waals surface area (Å²) in [6.07, 6.45) is 3.66. The van der Waals surface area contributed by atoms with Crippen LogP contribution >= 0.6 is 0 Å². The molecule has 3 unspecified atom stereocenters. The van der Waals surface area contributed by atoms with Gasteiger partial charge < -0.3 is 10.5 Å². The Balaban J connectivity index is 3.84. The molecule has 0 aromatic rings. The second kappa shape index (κ2) is 9.86. The van der Waals surface area contributed by atoms with E-state index >= 15 is 0 Å². The molecule has 0 aliphatic heterocycles. The van der Waals surface area contributed by atoms with Crippen LogP contribution in [-0.4, -0.2) is 43.8 Å². The molecule has 0 saturated carbocycles. The van der Waals surface area contributed by atoms with Crippen LogP contribution in [0.25, 0.3) is 0 Å². The van der Waals surface area contributed by atoms with Gasteiger partial charge in [0.2, 0.25) is 0 Å². The fourth-order valence-corrected chi connectivity index (χ4v) is 2.25. The highest BCUT2D eigenvalue weighted by Crippen LogP contribution is 2.12. The van der Waals surface area contributed by atoms with Crippen molar-refractivity contribution in [3.8, 4) is 0 Å². The number of hydrogen-bond acceptors (Lipinski definition) is 3. The van der Waals surface area contributed by atoms with Gasteiger partial charge in [-0.15, -0.1) is 0 Å². The Hall–Kier alpha value is -0.120. The van der Waals surface area contributed by atoms with Crippen LogP contribution in [0.1, 0.15) is 47.0 Å². The summed E-state index contributed by atoms with van der Waals surface area (Å²) in [6, 6.07) is 0.859. The first kappa shape index (κ1) is 16.9. The van der Waals surface area contributed by atoms with Gasteiger partial charge in [0, 0.05) is 25.7 Å². The highest BCUT2D eigenvalue weighted by molar-refractivity contribution is 4.69. The van der Waals surface area contributed by atoms with Gasteiger partial charge in [0.05, 0.1) is 6.61 Å². The largest absolute Gasteiger partial charge is 0.383 e. The lowest BCUT2D eigenvalue weighted by Crippen LogP contribution is -2.39. The van der Waals surface area contributed by atoms with E-state index in [1.54, 1.807) is 7.11 Å². The second-order valence-electron chi connectivity index (χ2n) is 5.41. The number of rotatable bonds is 10. The molecular weight excluding hydrogens is 212 g/mol. The van der Waals surface area contributed by atoms with E-state index in [0.717, 1.165) is 25.5 Å². The fraction of sp³-hybridized carbons (Fsp3) is 1.00. The van der Waals surface area contributed by atoms with Crippen molar-refractivity contribution < 1.29 is 4.74 Å². The van der Waals surface area contributed by atoms with Crippen molar-refractivity contribution in [2.24, 2.45) is 11.7 Å². The van der Waals surface area contributed by atoms with Gasteiger partial charge in [0.25, 0.3) is 0 Å². The normalized spacial score (nSPS) is 17.1. The SMILES string of the molecule is CCN(CC(C)CCCC(C)N)C(C)COC. The van der Waals surface area contributed by atoms with Crippen LogP contribution in [-0.2, 0) is 4.74 Å². The van der Waals surface area contributed by atoms with E-state index < -0.39 is 0 Å². The molecule has 0 aromatic carbocycles. The maximum atomic E-state index is 5.77. The fourth-order valence-electron chi connectivity index (χ4n) is 2.25. The Kier molecular flexibility index (Phi) is 9.79. The van der Waals surface area contributed by atoms with Gasteiger partial charge in [0.1, 0.15) is 0 Å². The molecule has 0 saturated heterocycles. The molecule has 0 aliphatic rings. The highest BCUT2D eigenvalue weighted by atomic mass is 16.5. The van der Waals surface area contributed by atoms with Crippen LogP contribution in [0.5, 0.6) is 0 Å². The van der Waals surface area contributed by atoms with Crippen molar-refractivity contribution >= 4 is 0 Å². The third-order valence-electron chi connectivity index (χ3n) is 3.34. The van der Waals surface area contributed by atoms with Gasteiger partial charge in [-0.2, -0.15) is 0 Å². The van der Waals surface area contributed by atoms with Crippen LogP contribution in [0.3, 0.4) is 0 Å². The molecule has 3 heteroatoms. The van der Waals surface area contributed by atoms with Gasteiger partial charge in [-0.3, -0.25) is 4.90 Å². The molecule has 17 heavy (non-hydrogen) atoms. The van der Waals surface area contributed by atoms with E-state index in [1.807, 2.05) is 0 Å². The summed E-state index contributed by atoms with van der Waals surface area (Å²) in [7, 11) is 1.77. The zero-order valence-electron chi connectivity index (χ0n) is 12.4. The quantitative estimate of drug-likeness (QED) is 0.642. The predicted octanol–water partition coefficient (Wildman–Crippen LogP) is 2.50. The molecule has 0 spiro atoms. The third-order valence-corrected chi connectivity index (χ3v) is 3.34. The maximum absolute atomic E-state index is 5.77.